The minimum absolute atomic E-state index is 0. The Hall–Kier alpha value is -1.08. The third kappa shape index (κ3) is 4.98. The van der Waals surface area contributed by atoms with E-state index in [9.17, 15) is 4.79 Å². The zero-order valence-corrected chi connectivity index (χ0v) is 12.4. The molecule has 0 fully saturated rings. The second-order valence-corrected chi connectivity index (χ2v) is 5.04. The maximum atomic E-state index is 10.9. The van der Waals surface area contributed by atoms with E-state index in [-0.39, 0.29) is 35.0 Å². The van der Waals surface area contributed by atoms with Gasteiger partial charge in [-0.05, 0) is 29.7 Å². The van der Waals surface area contributed by atoms with Gasteiger partial charge in [-0.25, -0.2) is 0 Å². The minimum atomic E-state index is -1.05. The number of carboxylic acids is 1. The number of thiocarbonyl (C=S) groups is 1. The molecule has 112 valence electrons. The molecule has 0 aliphatic carbocycles. The number of benzene rings is 2. The van der Waals surface area contributed by atoms with E-state index in [2.05, 4.69) is 0 Å². The van der Waals surface area contributed by atoms with Crippen LogP contribution in [0.1, 0.15) is 28.3 Å². The molecule has 0 bridgehead atoms. The van der Waals surface area contributed by atoms with E-state index < -0.39 is 12.0 Å². The number of hydrogen-bond donors (Lipinski definition) is 2. The van der Waals surface area contributed by atoms with Crippen LogP contribution in [0.3, 0.4) is 0 Å². The fourth-order valence-electron chi connectivity index (χ4n) is 1.89. The number of aliphatic carboxylic acids is 1. The van der Waals surface area contributed by atoms with Crippen LogP contribution in [0.4, 0.5) is 0 Å². The summed E-state index contributed by atoms with van der Waals surface area (Å²) in [7, 11) is 0. The summed E-state index contributed by atoms with van der Waals surface area (Å²) in [6.07, 6.45) is 0. The number of nitrogens with two attached hydrogens (primary N) is 1. The number of aryl methyl sites for hydroxylation is 1. The summed E-state index contributed by atoms with van der Waals surface area (Å²) >= 11 is 5.45. The average molecular weight is 327 g/mol. The molecule has 5 N–H and O–H groups in total. The summed E-state index contributed by atoms with van der Waals surface area (Å²) in [5, 5.41) is 8.95. The fraction of sp³-hybridized carbons (Fsp3) is 0.125. The Morgan fingerprint density at radius 2 is 1.73 bits per heavy atom. The normalized spacial score (nSPS) is 10.8. The van der Waals surface area contributed by atoms with Crippen molar-refractivity contribution in [1.29, 1.82) is 0 Å². The van der Waals surface area contributed by atoms with Crippen LogP contribution in [0.2, 0.25) is 0 Å². The molecule has 0 saturated heterocycles. The van der Waals surface area contributed by atoms with Crippen LogP contribution in [-0.4, -0.2) is 51.0 Å². The van der Waals surface area contributed by atoms with Gasteiger partial charge in [-0.3, -0.25) is 4.79 Å². The van der Waals surface area contributed by atoms with Crippen molar-refractivity contribution in [2.45, 2.75) is 13.0 Å². The van der Waals surface area contributed by atoms with Crippen molar-refractivity contribution in [3.8, 4) is 0 Å². The van der Waals surface area contributed by atoms with E-state index in [1.807, 2.05) is 37.3 Å². The van der Waals surface area contributed by atoms with Crippen molar-refractivity contribution in [2.24, 2.45) is 5.73 Å². The van der Waals surface area contributed by atoms with Crippen LogP contribution >= 0.6 is 12.2 Å². The predicted molar refractivity (Wildman–Crippen MR) is 93.8 cm³/mol. The molecule has 0 heterocycles. The standard InChI is InChI=1S/C16H15NO2S.Na.H2O.H/c1-10-5-7-11(8-6-10)15(20)13-4-2-3-12(9-13)14(17)16(18)19;;;/h2-9,14H,17H2,1H3,(H,18,19);;1H2;. The molecule has 0 aliphatic heterocycles. The zero-order valence-electron chi connectivity index (χ0n) is 11.5. The Morgan fingerprint density at radius 1 is 1.14 bits per heavy atom. The first-order valence-electron chi connectivity index (χ1n) is 6.19. The molecule has 0 aliphatic rings. The van der Waals surface area contributed by atoms with Crippen molar-refractivity contribution in [2.75, 3.05) is 0 Å². The summed E-state index contributed by atoms with van der Waals surface area (Å²) in [5.41, 5.74) is 9.07. The van der Waals surface area contributed by atoms with Crippen molar-refractivity contribution >= 4 is 52.6 Å². The number of carboxylic acid groups (broad SMARTS) is 1. The van der Waals surface area contributed by atoms with Gasteiger partial charge in [0.2, 0.25) is 0 Å². The molecule has 2 aromatic rings. The maximum absolute atomic E-state index is 10.9. The van der Waals surface area contributed by atoms with E-state index in [0.29, 0.717) is 10.4 Å². The molecule has 0 spiro atoms. The quantitative estimate of drug-likeness (QED) is 0.504. The first kappa shape index (κ1) is 20.9. The SMILES string of the molecule is Cc1ccc(C(=S)c2cccc(C(N)C(=O)O)c2)cc1.O.[NaH]. The molecule has 1 atom stereocenters. The molecule has 0 radical (unpaired) electrons. The van der Waals surface area contributed by atoms with Gasteiger partial charge >= 0.3 is 35.5 Å². The first-order chi connectivity index (χ1) is 9.49. The Kier molecular flexibility index (Phi) is 8.70. The zero-order chi connectivity index (χ0) is 14.7. The third-order valence-electron chi connectivity index (χ3n) is 3.09. The van der Waals surface area contributed by atoms with Crippen LogP contribution in [0.15, 0.2) is 48.5 Å². The van der Waals surface area contributed by atoms with Gasteiger partial charge in [0.25, 0.3) is 0 Å². The third-order valence-corrected chi connectivity index (χ3v) is 3.56. The molecule has 0 aromatic heterocycles. The van der Waals surface area contributed by atoms with Crippen molar-refractivity contribution in [3.05, 3.63) is 70.8 Å². The second-order valence-electron chi connectivity index (χ2n) is 4.64. The van der Waals surface area contributed by atoms with E-state index >= 15 is 0 Å². The molecule has 6 heteroatoms. The van der Waals surface area contributed by atoms with Crippen molar-refractivity contribution < 1.29 is 15.4 Å². The molecule has 2 aromatic carbocycles. The predicted octanol–water partition coefficient (Wildman–Crippen LogP) is 1.37. The summed E-state index contributed by atoms with van der Waals surface area (Å²) in [6.45, 7) is 2.01. The van der Waals surface area contributed by atoms with Gasteiger partial charge in [0, 0.05) is 0 Å². The van der Waals surface area contributed by atoms with Crippen LogP contribution in [0.5, 0.6) is 0 Å². The van der Waals surface area contributed by atoms with Gasteiger partial charge in [0.15, 0.2) is 0 Å². The van der Waals surface area contributed by atoms with Gasteiger partial charge in [0.05, 0.1) is 4.86 Å². The molecule has 4 nitrogen and oxygen atoms in total. The number of hydrogen-bond acceptors (Lipinski definition) is 3. The molecule has 0 saturated carbocycles. The molecular weight excluding hydrogens is 309 g/mol. The van der Waals surface area contributed by atoms with E-state index in [4.69, 9.17) is 23.1 Å². The van der Waals surface area contributed by atoms with E-state index in [1.54, 1.807) is 18.2 Å². The van der Waals surface area contributed by atoms with Crippen LogP contribution < -0.4 is 5.73 Å². The molecule has 2 rings (SSSR count). The van der Waals surface area contributed by atoms with Gasteiger partial charge in [-0.2, -0.15) is 0 Å². The summed E-state index contributed by atoms with van der Waals surface area (Å²) in [6, 6.07) is 13.9. The van der Waals surface area contributed by atoms with Crippen LogP contribution in [0, 0.1) is 6.92 Å². The Bertz CT molecular complexity index is 659. The van der Waals surface area contributed by atoms with Crippen molar-refractivity contribution in [3.63, 3.8) is 0 Å². The topological polar surface area (TPSA) is 94.8 Å². The molecule has 1 unspecified atom stereocenters. The van der Waals surface area contributed by atoms with E-state index in [0.717, 1.165) is 11.1 Å². The number of carbonyl (C=O) groups is 1. The molecular formula is C16H18NNaO3S. The Morgan fingerprint density at radius 3 is 2.27 bits per heavy atom. The van der Waals surface area contributed by atoms with Gasteiger partial charge in [-0.1, -0.05) is 60.2 Å². The van der Waals surface area contributed by atoms with Crippen molar-refractivity contribution in [1.82, 2.24) is 0 Å². The summed E-state index contributed by atoms with van der Waals surface area (Å²) in [5.74, 6) is -1.05. The number of rotatable bonds is 4. The van der Waals surface area contributed by atoms with E-state index in [1.165, 1.54) is 5.56 Å². The summed E-state index contributed by atoms with van der Waals surface area (Å²) < 4.78 is 0. The first-order valence-corrected chi connectivity index (χ1v) is 6.59. The Balaban J connectivity index is 0.00000220. The second kappa shape index (κ2) is 9.15. The van der Waals surface area contributed by atoms with Gasteiger partial charge in [-0.15, -0.1) is 0 Å². The Labute approximate surface area is 156 Å². The van der Waals surface area contributed by atoms with Crippen LogP contribution in [0.25, 0.3) is 0 Å². The monoisotopic (exact) mass is 327 g/mol. The summed E-state index contributed by atoms with van der Waals surface area (Å²) in [4.78, 5) is 11.6. The fourth-order valence-corrected chi connectivity index (χ4v) is 2.15. The van der Waals surface area contributed by atoms with Gasteiger partial charge < -0.3 is 16.3 Å². The van der Waals surface area contributed by atoms with Crippen LogP contribution in [-0.2, 0) is 4.79 Å². The molecule has 22 heavy (non-hydrogen) atoms. The van der Waals surface area contributed by atoms with Gasteiger partial charge in [0.1, 0.15) is 6.04 Å². The molecule has 0 amide bonds. The average Bonchev–Trinajstić information content (AvgIpc) is 2.46.